The van der Waals surface area contributed by atoms with Gasteiger partial charge in [-0.3, -0.25) is 14.1 Å². The number of aryl methyl sites for hydroxylation is 1. The third kappa shape index (κ3) is 4.52. The third-order valence-corrected chi connectivity index (χ3v) is 5.92. The van der Waals surface area contributed by atoms with E-state index < -0.39 is 5.82 Å². The molecule has 8 nitrogen and oxygen atoms in total. The number of imidazole rings is 1. The van der Waals surface area contributed by atoms with Gasteiger partial charge in [-0.15, -0.1) is 10.2 Å². The summed E-state index contributed by atoms with van der Waals surface area (Å²) in [6, 6.07) is 17.9. The number of aromatic nitrogens is 7. The summed E-state index contributed by atoms with van der Waals surface area (Å²) >= 11 is 0. The number of tetrazole rings is 1. The Hall–Kier alpha value is -4.40. The van der Waals surface area contributed by atoms with E-state index in [-0.39, 0.29) is 11.4 Å². The molecule has 176 valence electrons. The SMILES string of the molecule is CCCCc1cn(-c2ccccc2F)c(=O)n1Cc1ccc(-c2ncccc2-c2nn[nH]n2)cc1. The zero-order valence-electron chi connectivity index (χ0n) is 19.2. The smallest absolute Gasteiger partial charge is 0.292 e. The summed E-state index contributed by atoms with van der Waals surface area (Å²) in [5.41, 5.74) is 4.26. The van der Waals surface area contributed by atoms with Crippen molar-refractivity contribution >= 4 is 0 Å². The van der Waals surface area contributed by atoms with Crippen molar-refractivity contribution in [3.8, 4) is 28.3 Å². The first-order valence-corrected chi connectivity index (χ1v) is 11.5. The molecule has 0 atom stereocenters. The molecule has 0 unspecified atom stereocenters. The van der Waals surface area contributed by atoms with Crippen LogP contribution in [-0.2, 0) is 13.0 Å². The number of hydrogen-bond donors (Lipinski definition) is 1. The van der Waals surface area contributed by atoms with Crippen LogP contribution in [0.1, 0.15) is 31.0 Å². The molecule has 9 heteroatoms. The van der Waals surface area contributed by atoms with Gasteiger partial charge in [-0.2, -0.15) is 5.21 Å². The van der Waals surface area contributed by atoms with E-state index in [9.17, 15) is 9.18 Å². The lowest BCUT2D eigenvalue weighted by atomic mass is 10.0. The van der Waals surface area contributed by atoms with Crippen LogP contribution in [0, 0.1) is 5.82 Å². The summed E-state index contributed by atoms with van der Waals surface area (Å²) in [7, 11) is 0. The molecule has 1 N–H and O–H groups in total. The Labute approximate surface area is 201 Å². The van der Waals surface area contributed by atoms with Crippen LogP contribution < -0.4 is 5.69 Å². The lowest BCUT2D eigenvalue weighted by molar-refractivity contribution is 0.613. The summed E-state index contributed by atoms with van der Waals surface area (Å²) < 4.78 is 17.6. The van der Waals surface area contributed by atoms with E-state index in [1.807, 2.05) is 36.4 Å². The monoisotopic (exact) mass is 469 g/mol. The first-order chi connectivity index (χ1) is 17.2. The standard InChI is InChI=1S/C26H24FN7O/c1-2-3-7-20-17-34(23-10-5-4-9-22(23)27)26(35)33(20)16-18-11-13-19(14-12-18)24-21(8-6-15-28-24)25-29-31-32-30-25/h4-6,8-15,17H,2-3,7,16H2,1H3,(H,29,30,31,32). The first kappa shape index (κ1) is 22.4. The molecule has 0 saturated heterocycles. The largest absolute Gasteiger partial charge is 0.333 e. The minimum atomic E-state index is -0.425. The number of rotatable bonds is 8. The van der Waals surface area contributed by atoms with Gasteiger partial charge in [0.1, 0.15) is 5.82 Å². The number of benzene rings is 2. The summed E-state index contributed by atoms with van der Waals surface area (Å²) in [6.45, 7) is 2.50. The number of unbranched alkanes of at least 4 members (excludes halogenated alkanes) is 1. The predicted molar refractivity (Wildman–Crippen MR) is 131 cm³/mol. The number of nitrogens with one attached hydrogen (secondary N) is 1. The predicted octanol–water partition coefficient (Wildman–Crippen LogP) is 4.41. The minimum Gasteiger partial charge on any atom is -0.292 e. The van der Waals surface area contributed by atoms with Crippen molar-refractivity contribution in [3.05, 3.63) is 101 Å². The van der Waals surface area contributed by atoms with Crippen molar-refractivity contribution in [3.63, 3.8) is 0 Å². The highest BCUT2D eigenvalue weighted by Gasteiger charge is 2.16. The van der Waals surface area contributed by atoms with Crippen molar-refractivity contribution in [2.75, 3.05) is 0 Å². The molecule has 0 aliphatic carbocycles. The maximum Gasteiger partial charge on any atom is 0.333 e. The molecule has 0 amide bonds. The van der Waals surface area contributed by atoms with E-state index in [1.165, 1.54) is 10.6 Å². The van der Waals surface area contributed by atoms with Crippen molar-refractivity contribution in [1.29, 1.82) is 0 Å². The fourth-order valence-electron chi connectivity index (χ4n) is 4.12. The fourth-order valence-corrected chi connectivity index (χ4v) is 4.12. The highest BCUT2D eigenvalue weighted by Crippen LogP contribution is 2.27. The van der Waals surface area contributed by atoms with E-state index in [1.54, 1.807) is 35.2 Å². The lowest BCUT2D eigenvalue weighted by Crippen LogP contribution is -2.25. The first-order valence-electron chi connectivity index (χ1n) is 11.5. The number of H-pyrrole nitrogens is 1. The Morgan fingerprint density at radius 2 is 1.86 bits per heavy atom. The average molecular weight is 470 g/mol. The highest BCUT2D eigenvalue weighted by molar-refractivity contribution is 5.76. The average Bonchev–Trinajstić information content (AvgIpc) is 3.53. The molecule has 0 bridgehead atoms. The Morgan fingerprint density at radius 3 is 2.60 bits per heavy atom. The number of hydrogen-bond acceptors (Lipinski definition) is 5. The second-order valence-corrected chi connectivity index (χ2v) is 8.25. The number of para-hydroxylation sites is 1. The zero-order chi connectivity index (χ0) is 24.2. The van der Waals surface area contributed by atoms with Crippen molar-refractivity contribution in [2.45, 2.75) is 32.7 Å². The topological polar surface area (TPSA) is 94.3 Å². The van der Waals surface area contributed by atoms with Crippen molar-refractivity contribution in [1.82, 2.24) is 34.7 Å². The lowest BCUT2D eigenvalue weighted by Gasteiger charge is -2.09. The van der Waals surface area contributed by atoms with Crippen LogP contribution in [0.5, 0.6) is 0 Å². The summed E-state index contributed by atoms with van der Waals surface area (Å²) in [5.74, 6) is 0.0460. The van der Waals surface area contributed by atoms with Gasteiger partial charge in [-0.25, -0.2) is 9.18 Å². The zero-order valence-corrected chi connectivity index (χ0v) is 19.2. The van der Waals surface area contributed by atoms with Gasteiger partial charge in [-0.05, 0) is 47.9 Å². The molecule has 5 aromatic rings. The molecule has 0 fully saturated rings. The fraction of sp³-hybridized carbons (Fsp3) is 0.192. The van der Waals surface area contributed by atoms with Crippen molar-refractivity contribution < 1.29 is 4.39 Å². The van der Waals surface area contributed by atoms with Gasteiger partial charge in [0, 0.05) is 29.2 Å². The molecule has 3 heterocycles. The Balaban J connectivity index is 1.47. The van der Waals surface area contributed by atoms with Crippen LogP contribution in [0.3, 0.4) is 0 Å². The molecular weight excluding hydrogens is 445 g/mol. The Morgan fingerprint density at radius 1 is 1.03 bits per heavy atom. The third-order valence-electron chi connectivity index (χ3n) is 5.92. The highest BCUT2D eigenvalue weighted by atomic mass is 19.1. The van der Waals surface area contributed by atoms with Gasteiger partial charge < -0.3 is 0 Å². The molecule has 0 aliphatic heterocycles. The number of pyridine rings is 1. The summed E-state index contributed by atoms with van der Waals surface area (Å²) in [6.07, 6.45) is 6.17. The van der Waals surface area contributed by atoms with Crippen molar-refractivity contribution in [2.24, 2.45) is 0 Å². The molecule has 5 rings (SSSR count). The minimum absolute atomic E-state index is 0.255. The van der Waals surface area contributed by atoms with E-state index in [2.05, 4.69) is 32.5 Å². The second kappa shape index (κ2) is 9.84. The van der Waals surface area contributed by atoms with Crippen LogP contribution in [0.25, 0.3) is 28.3 Å². The summed E-state index contributed by atoms with van der Waals surface area (Å²) in [4.78, 5) is 17.8. The van der Waals surface area contributed by atoms with Gasteiger partial charge in [0.15, 0.2) is 0 Å². The Bertz CT molecular complexity index is 1490. The van der Waals surface area contributed by atoms with Crippen LogP contribution in [-0.4, -0.2) is 34.7 Å². The van der Waals surface area contributed by atoms with E-state index >= 15 is 0 Å². The van der Waals surface area contributed by atoms with Gasteiger partial charge in [0.2, 0.25) is 5.82 Å². The Kier molecular flexibility index (Phi) is 6.30. The van der Waals surface area contributed by atoms with Gasteiger partial charge in [0.05, 0.1) is 17.9 Å². The molecule has 0 spiro atoms. The van der Waals surface area contributed by atoms with E-state index in [0.29, 0.717) is 12.4 Å². The molecule has 0 aliphatic rings. The van der Waals surface area contributed by atoms with Gasteiger partial charge >= 0.3 is 5.69 Å². The number of nitrogens with zero attached hydrogens (tertiary/aromatic N) is 6. The molecule has 0 saturated carbocycles. The van der Waals surface area contributed by atoms with Crippen LogP contribution in [0.2, 0.25) is 0 Å². The van der Waals surface area contributed by atoms with Gasteiger partial charge in [0.25, 0.3) is 0 Å². The van der Waals surface area contributed by atoms with Crippen LogP contribution in [0.4, 0.5) is 4.39 Å². The number of aromatic amines is 1. The molecular formula is C26H24FN7O. The maximum absolute atomic E-state index is 14.4. The molecule has 2 aromatic carbocycles. The van der Waals surface area contributed by atoms with Crippen LogP contribution in [0.15, 0.2) is 77.9 Å². The number of halogens is 1. The van der Waals surface area contributed by atoms with E-state index in [4.69, 9.17) is 0 Å². The molecule has 3 aromatic heterocycles. The van der Waals surface area contributed by atoms with Gasteiger partial charge in [-0.1, -0.05) is 49.7 Å². The maximum atomic E-state index is 14.4. The normalized spacial score (nSPS) is 11.1. The quantitative estimate of drug-likeness (QED) is 0.363. The second-order valence-electron chi connectivity index (χ2n) is 8.25. The molecule has 0 radical (unpaired) electrons. The van der Waals surface area contributed by atoms with E-state index in [0.717, 1.165) is 47.3 Å². The summed E-state index contributed by atoms with van der Waals surface area (Å²) in [5, 5.41) is 14.2. The molecule has 35 heavy (non-hydrogen) atoms. The van der Waals surface area contributed by atoms with Crippen LogP contribution >= 0.6 is 0 Å².